The van der Waals surface area contributed by atoms with E-state index in [4.69, 9.17) is 0 Å². The van der Waals surface area contributed by atoms with Crippen molar-refractivity contribution in [2.24, 2.45) is 0 Å². The lowest BCUT2D eigenvalue weighted by Gasteiger charge is -2.18. The van der Waals surface area contributed by atoms with Crippen LogP contribution in [-0.2, 0) is 0 Å². The van der Waals surface area contributed by atoms with E-state index in [1.165, 1.54) is 43.0 Å². The summed E-state index contributed by atoms with van der Waals surface area (Å²) in [4.78, 5) is 5.05. The fourth-order valence-corrected chi connectivity index (χ4v) is 3.99. The zero-order valence-electron chi connectivity index (χ0n) is 14.0. The van der Waals surface area contributed by atoms with Crippen LogP contribution in [0.15, 0.2) is 40.2 Å². The van der Waals surface area contributed by atoms with E-state index in [9.17, 15) is 0 Å². The molecule has 114 valence electrons. The van der Waals surface area contributed by atoms with Crippen LogP contribution >= 0.6 is 11.8 Å². The normalized spacial score (nSPS) is 16.4. The van der Waals surface area contributed by atoms with Crippen molar-refractivity contribution >= 4 is 34.3 Å². The fraction of sp³-hybridized carbons (Fsp3) is 0.300. The van der Waals surface area contributed by atoms with Gasteiger partial charge in [-0.15, -0.1) is 0 Å². The Bertz CT molecular complexity index is 797. The van der Waals surface area contributed by atoms with E-state index < -0.39 is 0 Å². The topological polar surface area (TPSA) is 3.24 Å². The molecule has 0 aliphatic carbocycles. The number of fused-ring (bicyclic) bond motifs is 1. The maximum Gasteiger partial charge on any atom is 0.0397 e. The smallest absolute Gasteiger partial charge is 0.0397 e. The predicted octanol–water partition coefficient (Wildman–Crippen LogP) is 5.90. The highest BCUT2D eigenvalue weighted by Gasteiger charge is 2.11. The van der Waals surface area contributed by atoms with Crippen molar-refractivity contribution in [3.63, 3.8) is 0 Å². The summed E-state index contributed by atoms with van der Waals surface area (Å²) < 4.78 is 0. The Morgan fingerprint density at radius 3 is 2.45 bits per heavy atom. The number of hydrogen-bond acceptors (Lipinski definition) is 2. The minimum Gasteiger partial charge on any atom is -0.377 e. The summed E-state index contributed by atoms with van der Waals surface area (Å²) in [5.41, 5.74) is 5.34. The van der Waals surface area contributed by atoms with Gasteiger partial charge < -0.3 is 4.90 Å². The van der Waals surface area contributed by atoms with Gasteiger partial charge in [0.1, 0.15) is 0 Å². The summed E-state index contributed by atoms with van der Waals surface area (Å²) in [6.07, 6.45) is 5.76. The second kappa shape index (κ2) is 5.85. The van der Waals surface area contributed by atoms with E-state index in [0.717, 1.165) is 6.42 Å². The third-order valence-electron chi connectivity index (χ3n) is 4.27. The molecule has 0 saturated heterocycles. The molecular formula is C20H23NS. The fourth-order valence-electron chi connectivity index (χ4n) is 3.06. The second-order valence-corrected chi connectivity index (χ2v) is 7.65. The van der Waals surface area contributed by atoms with Gasteiger partial charge >= 0.3 is 0 Å². The summed E-state index contributed by atoms with van der Waals surface area (Å²) in [5, 5.41) is 2.68. The first kappa shape index (κ1) is 15.2. The van der Waals surface area contributed by atoms with Gasteiger partial charge in [0.15, 0.2) is 0 Å². The van der Waals surface area contributed by atoms with Gasteiger partial charge in [-0.05, 0) is 82.7 Å². The van der Waals surface area contributed by atoms with Gasteiger partial charge in [0.2, 0.25) is 0 Å². The van der Waals surface area contributed by atoms with E-state index >= 15 is 0 Å². The van der Waals surface area contributed by atoms with E-state index in [1.54, 1.807) is 0 Å². The summed E-state index contributed by atoms with van der Waals surface area (Å²) in [5.74, 6) is 0. The highest BCUT2D eigenvalue weighted by molar-refractivity contribution is 8.07. The van der Waals surface area contributed by atoms with Crippen LogP contribution in [0.2, 0.25) is 0 Å². The Balaban J connectivity index is 2.20. The Kier molecular flexibility index (Phi) is 4.05. The Morgan fingerprint density at radius 2 is 1.82 bits per heavy atom. The SMILES string of the molecule is CC1=CC/C(=C\c2c(C)ccc3cc(C)c(N(C)C)cc23)S1. The Morgan fingerprint density at radius 1 is 1.05 bits per heavy atom. The Hall–Kier alpha value is -1.67. The lowest BCUT2D eigenvalue weighted by molar-refractivity contribution is 1.12. The lowest BCUT2D eigenvalue weighted by Crippen LogP contribution is -2.10. The largest absolute Gasteiger partial charge is 0.377 e. The maximum absolute atomic E-state index is 2.38. The van der Waals surface area contributed by atoms with Gasteiger partial charge in [0, 0.05) is 19.8 Å². The number of rotatable bonds is 2. The van der Waals surface area contributed by atoms with Gasteiger partial charge in [-0.1, -0.05) is 30.0 Å². The minimum atomic E-state index is 1.07. The molecule has 0 bridgehead atoms. The van der Waals surface area contributed by atoms with Gasteiger partial charge in [0.05, 0.1) is 0 Å². The number of benzene rings is 2. The van der Waals surface area contributed by atoms with Crippen LogP contribution < -0.4 is 4.90 Å². The van der Waals surface area contributed by atoms with E-state index in [2.05, 4.69) is 76.2 Å². The summed E-state index contributed by atoms with van der Waals surface area (Å²) in [7, 11) is 4.23. The summed E-state index contributed by atoms with van der Waals surface area (Å²) in [6, 6.07) is 9.12. The van der Waals surface area contributed by atoms with Gasteiger partial charge in [-0.25, -0.2) is 0 Å². The van der Waals surface area contributed by atoms with Crippen molar-refractivity contribution in [1.82, 2.24) is 0 Å². The minimum absolute atomic E-state index is 1.07. The number of aryl methyl sites for hydroxylation is 2. The van der Waals surface area contributed by atoms with Crippen LogP contribution in [0.5, 0.6) is 0 Å². The van der Waals surface area contributed by atoms with Crippen LogP contribution in [0.3, 0.4) is 0 Å². The van der Waals surface area contributed by atoms with E-state index in [1.807, 2.05) is 11.8 Å². The van der Waals surface area contributed by atoms with E-state index in [-0.39, 0.29) is 0 Å². The third-order valence-corrected chi connectivity index (χ3v) is 5.30. The number of anilines is 1. The maximum atomic E-state index is 2.38. The monoisotopic (exact) mass is 309 g/mol. The highest BCUT2D eigenvalue weighted by atomic mass is 32.2. The predicted molar refractivity (Wildman–Crippen MR) is 102 cm³/mol. The molecule has 1 aliphatic rings. The molecular weight excluding hydrogens is 286 g/mol. The molecule has 2 aromatic rings. The van der Waals surface area contributed by atoms with Crippen molar-refractivity contribution in [1.29, 1.82) is 0 Å². The molecule has 0 atom stereocenters. The van der Waals surface area contributed by atoms with Crippen molar-refractivity contribution in [3.05, 3.63) is 56.8 Å². The van der Waals surface area contributed by atoms with E-state index in [0.29, 0.717) is 0 Å². The first-order chi connectivity index (χ1) is 10.5. The average molecular weight is 309 g/mol. The zero-order chi connectivity index (χ0) is 15.9. The van der Waals surface area contributed by atoms with Crippen LogP contribution in [0.1, 0.15) is 30.0 Å². The van der Waals surface area contributed by atoms with Crippen LogP contribution in [0.25, 0.3) is 16.8 Å². The molecule has 2 aromatic carbocycles. The lowest BCUT2D eigenvalue weighted by atomic mass is 9.96. The molecule has 0 fully saturated rings. The number of hydrogen-bond donors (Lipinski definition) is 0. The van der Waals surface area contributed by atoms with Gasteiger partial charge in [-0.2, -0.15) is 0 Å². The molecule has 0 spiro atoms. The van der Waals surface area contributed by atoms with Crippen molar-refractivity contribution < 1.29 is 0 Å². The van der Waals surface area contributed by atoms with Crippen LogP contribution in [0, 0.1) is 13.8 Å². The average Bonchev–Trinajstić information content (AvgIpc) is 2.87. The highest BCUT2D eigenvalue weighted by Crippen LogP contribution is 2.38. The Labute approximate surface area is 137 Å². The second-order valence-electron chi connectivity index (χ2n) is 6.28. The van der Waals surface area contributed by atoms with Gasteiger partial charge in [0.25, 0.3) is 0 Å². The molecule has 0 saturated carbocycles. The molecule has 0 aromatic heterocycles. The molecule has 22 heavy (non-hydrogen) atoms. The summed E-state index contributed by atoms with van der Waals surface area (Å²) >= 11 is 1.90. The number of nitrogens with zero attached hydrogens (tertiary/aromatic N) is 1. The zero-order valence-corrected chi connectivity index (χ0v) is 14.8. The molecule has 1 nitrogen and oxygen atoms in total. The molecule has 0 radical (unpaired) electrons. The van der Waals surface area contributed by atoms with Crippen molar-refractivity contribution in [2.45, 2.75) is 27.2 Å². The standard InChI is InChI=1S/C20H23NS/c1-13-6-8-16-10-14(2)20(21(4)5)12-19(16)18(13)11-17-9-7-15(3)22-17/h6-8,10-12H,9H2,1-5H3/b17-11+. The number of thioether (sulfide) groups is 1. The van der Waals surface area contributed by atoms with Crippen LogP contribution in [0.4, 0.5) is 5.69 Å². The van der Waals surface area contributed by atoms with Crippen molar-refractivity contribution in [3.8, 4) is 0 Å². The summed E-state index contributed by atoms with van der Waals surface area (Å²) in [6.45, 7) is 6.59. The first-order valence-electron chi connectivity index (χ1n) is 7.72. The molecule has 0 amide bonds. The number of allylic oxidation sites excluding steroid dienone is 3. The molecule has 2 heteroatoms. The molecule has 3 rings (SSSR count). The van der Waals surface area contributed by atoms with Gasteiger partial charge in [-0.3, -0.25) is 0 Å². The van der Waals surface area contributed by atoms with Crippen molar-refractivity contribution in [2.75, 3.05) is 19.0 Å². The quantitative estimate of drug-likeness (QED) is 0.679. The van der Waals surface area contributed by atoms with Crippen LogP contribution in [-0.4, -0.2) is 14.1 Å². The molecule has 1 aliphatic heterocycles. The molecule has 0 unspecified atom stereocenters. The molecule has 1 heterocycles. The third kappa shape index (κ3) is 2.80. The first-order valence-corrected chi connectivity index (χ1v) is 8.54. The molecule has 0 N–H and O–H groups in total.